The molecule has 1 aromatic rings. The van der Waals surface area contributed by atoms with Gasteiger partial charge >= 0.3 is 0 Å². The molecule has 1 heterocycles. The average molecular weight is 225 g/mol. The van der Waals surface area contributed by atoms with Crippen molar-refractivity contribution in [2.45, 2.75) is 51.0 Å². The zero-order valence-electron chi connectivity index (χ0n) is 9.06. The summed E-state index contributed by atoms with van der Waals surface area (Å²) in [5, 5.41) is 12.7. The highest BCUT2D eigenvalue weighted by molar-refractivity contribution is 7.09. The van der Waals surface area contributed by atoms with Crippen LogP contribution in [-0.2, 0) is 0 Å². The van der Waals surface area contributed by atoms with Gasteiger partial charge in [-0.05, 0) is 18.8 Å². The van der Waals surface area contributed by atoms with Crippen LogP contribution in [0, 0.1) is 5.92 Å². The van der Waals surface area contributed by atoms with Gasteiger partial charge in [0.1, 0.15) is 11.1 Å². The molecule has 0 saturated heterocycles. The number of aromatic nitrogens is 1. The monoisotopic (exact) mass is 225 g/mol. The fraction of sp³-hybridized carbons (Fsp3) is 0.750. The van der Waals surface area contributed by atoms with E-state index in [0.717, 1.165) is 17.3 Å². The molecule has 0 bridgehead atoms. The molecule has 2 nitrogen and oxygen atoms in total. The lowest BCUT2D eigenvalue weighted by atomic mass is 9.85. The van der Waals surface area contributed by atoms with E-state index in [1.807, 2.05) is 5.38 Å². The third kappa shape index (κ3) is 3.28. The molecule has 0 aliphatic heterocycles. The van der Waals surface area contributed by atoms with Crippen LogP contribution in [0.3, 0.4) is 0 Å². The lowest BCUT2D eigenvalue weighted by molar-refractivity contribution is 0.151. The average Bonchev–Trinajstić information content (AvgIpc) is 2.81. The molecule has 1 aliphatic carbocycles. The molecule has 0 unspecified atom stereocenters. The fourth-order valence-electron chi connectivity index (χ4n) is 2.39. The normalized spacial score (nSPS) is 20.3. The van der Waals surface area contributed by atoms with Crippen molar-refractivity contribution in [3.63, 3.8) is 0 Å². The van der Waals surface area contributed by atoms with E-state index < -0.39 is 0 Å². The van der Waals surface area contributed by atoms with Crippen LogP contribution in [0.5, 0.6) is 0 Å². The maximum atomic E-state index is 9.89. The first-order valence-corrected chi connectivity index (χ1v) is 6.81. The van der Waals surface area contributed by atoms with Crippen LogP contribution in [0.25, 0.3) is 0 Å². The molecule has 84 valence electrons. The van der Waals surface area contributed by atoms with Crippen LogP contribution < -0.4 is 0 Å². The van der Waals surface area contributed by atoms with Crippen LogP contribution in [-0.4, -0.2) is 10.1 Å². The molecule has 2 rings (SSSR count). The first kappa shape index (κ1) is 11.1. The van der Waals surface area contributed by atoms with E-state index in [1.165, 1.54) is 38.5 Å². The zero-order chi connectivity index (χ0) is 10.5. The highest BCUT2D eigenvalue weighted by Gasteiger charge is 2.16. The van der Waals surface area contributed by atoms with E-state index in [9.17, 15) is 5.11 Å². The molecule has 1 aliphatic rings. The lowest BCUT2D eigenvalue weighted by Crippen LogP contribution is -2.08. The minimum atomic E-state index is -0.327. The van der Waals surface area contributed by atoms with Crippen molar-refractivity contribution in [2.24, 2.45) is 5.92 Å². The van der Waals surface area contributed by atoms with Crippen LogP contribution in [0.1, 0.15) is 56.1 Å². The van der Waals surface area contributed by atoms with E-state index in [2.05, 4.69) is 4.98 Å². The molecule has 0 radical (unpaired) electrons. The Kier molecular flexibility index (Phi) is 4.15. The number of aliphatic hydroxyl groups excluding tert-OH is 1. The molecule has 0 aromatic carbocycles. The smallest absolute Gasteiger partial charge is 0.121 e. The summed E-state index contributed by atoms with van der Waals surface area (Å²) in [5.41, 5.74) is 0. The van der Waals surface area contributed by atoms with Gasteiger partial charge in [-0.15, -0.1) is 11.3 Å². The van der Waals surface area contributed by atoms with Gasteiger partial charge in [0.25, 0.3) is 0 Å². The van der Waals surface area contributed by atoms with Gasteiger partial charge in [0.05, 0.1) is 0 Å². The predicted octanol–water partition coefficient (Wildman–Crippen LogP) is 3.54. The Hall–Kier alpha value is -0.410. The number of thiazole rings is 1. The quantitative estimate of drug-likeness (QED) is 0.850. The molecular formula is C12H19NOS. The van der Waals surface area contributed by atoms with Crippen LogP contribution in [0.4, 0.5) is 0 Å². The van der Waals surface area contributed by atoms with E-state index in [1.54, 1.807) is 17.5 Å². The van der Waals surface area contributed by atoms with E-state index in [0.29, 0.717) is 0 Å². The zero-order valence-corrected chi connectivity index (χ0v) is 9.88. The topological polar surface area (TPSA) is 33.1 Å². The summed E-state index contributed by atoms with van der Waals surface area (Å²) in [6, 6.07) is 0. The summed E-state index contributed by atoms with van der Waals surface area (Å²) in [7, 11) is 0. The van der Waals surface area contributed by atoms with E-state index >= 15 is 0 Å². The van der Waals surface area contributed by atoms with Crippen molar-refractivity contribution in [3.05, 3.63) is 16.6 Å². The van der Waals surface area contributed by atoms with Gasteiger partial charge < -0.3 is 5.11 Å². The Morgan fingerprint density at radius 1 is 1.40 bits per heavy atom. The summed E-state index contributed by atoms with van der Waals surface area (Å²) in [6.45, 7) is 0. The van der Waals surface area contributed by atoms with Gasteiger partial charge in [0.15, 0.2) is 0 Å². The molecule has 1 N–H and O–H groups in total. The third-order valence-electron chi connectivity index (χ3n) is 3.31. The second kappa shape index (κ2) is 5.61. The van der Waals surface area contributed by atoms with Gasteiger partial charge in [0.2, 0.25) is 0 Å². The molecule has 3 heteroatoms. The lowest BCUT2D eigenvalue weighted by Gasteiger charge is -2.22. The highest BCUT2D eigenvalue weighted by Crippen LogP contribution is 2.30. The van der Waals surface area contributed by atoms with Crippen LogP contribution in [0.2, 0.25) is 0 Å². The molecule has 0 spiro atoms. The van der Waals surface area contributed by atoms with Crippen molar-refractivity contribution in [1.82, 2.24) is 4.98 Å². The van der Waals surface area contributed by atoms with Crippen LogP contribution >= 0.6 is 11.3 Å². The molecule has 0 amide bonds. The van der Waals surface area contributed by atoms with Gasteiger partial charge in [-0.3, -0.25) is 0 Å². The van der Waals surface area contributed by atoms with Gasteiger partial charge in [-0.2, -0.15) is 0 Å². The van der Waals surface area contributed by atoms with Crippen molar-refractivity contribution < 1.29 is 5.11 Å². The number of rotatable bonds is 4. The first-order valence-electron chi connectivity index (χ1n) is 5.93. The van der Waals surface area contributed by atoms with Gasteiger partial charge in [-0.25, -0.2) is 4.98 Å². The van der Waals surface area contributed by atoms with E-state index in [4.69, 9.17) is 0 Å². The minimum Gasteiger partial charge on any atom is -0.386 e. The summed E-state index contributed by atoms with van der Waals surface area (Å²) < 4.78 is 0. The summed E-state index contributed by atoms with van der Waals surface area (Å²) in [6.07, 6.45) is 10.4. The molecule has 1 atom stereocenters. The Morgan fingerprint density at radius 2 is 2.20 bits per heavy atom. The maximum Gasteiger partial charge on any atom is 0.121 e. The Bertz CT molecular complexity index is 267. The molecule has 1 saturated carbocycles. The summed E-state index contributed by atoms with van der Waals surface area (Å²) in [5.74, 6) is 0.855. The standard InChI is InChI=1S/C12H19NOS/c14-11(12-13-8-9-15-12)7-6-10-4-2-1-3-5-10/h8-11,14H,1-7H2/t11-/m1/s1. The second-order valence-corrected chi connectivity index (χ2v) is 5.39. The third-order valence-corrected chi connectivity index (χ3v) is 4.19. The Balaban J connectivity index is 1.73. The molecule has 1 aromatic heterocycles. The van der Waals surface area contributed by atoms with Crippen molar-refractivity contribution >= 4 is 11.3 Å². The predicted molar refractivity (Wildman–Crippen MR) is 62.9 cm³/mol. The molecule has 1 fully saturated rings. The van der Waals surface area contributed by atoms with Crippen molar-refractivity contribution in [3.8, 4) is 0 Å². The van der Waals surface area contributed by atoms with Gasteiger partial charge in [-0.1, -0.05) is 32.1 Å². The highest BCUT2D eigenvalue weighted by atomic mass is 32.1. The summed E-state index contributed by atoms with van der Waals surface area (Å²) in [4.78, 5) is 4.15. The Morgan fingerprint density at radius 3 is 2.87 bits per heavy atom. The SMILES string of the molecule is O[C@H](CCC1CCCCC1)c1nccs1. The number of nitrogens with zero attached hydrogens (tertiary/aromatic N) is 1. The minimum absolute atomic E-state index is 0.327. The summed E-state index contributed by atoms with van der Waals surface area (Å²) >= 11 is 1.56. The van der Waals surface area contributed by atoms with E-state index in [-0.39, 0.29) is 6.10 Å². The maximum absolute atomic E-state index is 9.89. The number of hydrogen-bond donors (Lipinski definition) is 1. The molecular weight excluding hydrogens is 206 g/mol. The second-order valence-electron chi connectivity index (χ2n) is 4.47. The largest absolute Gasteiger partial charge is 0.386 e. The molecule has 15 heavy (non-hydrogen) atoms. The van der Waals surface area contributed by atoms with Crippen molar-refractivity contribution in [2.75, 3.05) is 0 Å². The number of aliphatic hydroxyl groups is 1. The number of hydrogen-bond acceptors (Lipinski definition) is 3. The van der Waals surface area contributed by atoms with Gasteiger partial charge in [0, 0.05) is 11.6 Å². The fourth-order valence-corrected chi connectivity index (χ4v) is 3.05. The first-order chi connectivity index (χ1) is 7.36. The Labute approximate surface area is 95.4 Å². The van der Waals surface area contributed by atoms with Crippen LogP contribution in [0.15, 0.2) is 11.6 Å². The van der Waals surface area contributed by atoms with Crippen molar-refractivity contribution in [1.29, 1.82) is 0 Å².